The van der Waals surface area contributed by atoms with E-state index in [9.17, 15) is 9.18 Å². The number of thiophene rings is 1. The summed E-state index contributed by atoms with van der Waals surface area (Å²) < 4.78 is 14.1. The third kappa shape index (κ3) is 2.18. The molecule has 3 nitrogen and oxygen atoms in total. The molecule has 3 rings (SSSR count). The number of halogens is 1. The van der Waals surface area contributed by atoms with E-state index in [0.29, 0.717) is 16.0 Å². The number of nitrogens with zero attached hydrogens (tertiary/aromatic N) is 1. The number of hydrogen-bond donors (Lipinski definition) is 1. The lowest BCUT2D eigenvalue weighted by atomic mass is 10.1. The van der Waals surface area contributed by atoms with Crippen molar-refractivity contribution >= 4 is 33.0 Å². The highest BCUT2D eigenvalue weighted by molar-refractivity contribution is 7.21. The highest BCUT2D eigenvalue weighted by atomic mass is 32.1. The van der Waals surface area contributed by atoms with Gasteiger partial charge in [0.15, 0.2) is 0 Å². The molecule has 5 heteroatoms. The molecule has 100 valence electrons. The molecule has 2 N–H and O–H groups in total. The summed E-state index contributed by atoms with van der Waals surface area (Å²) in [5.41, 5.74) is 6.42. The summed E-state index contributed by atoms with van der Waals surface area (Å²) in [6, 6.07) is 4.47. The van der Waals surface area contributed by atoms with Gasteiger partial charge >= 0.3 is 0 Å². The minimum absolute atomic E-state index is 0.0150. The summed E-state index contributed by atoms with van der Waals surface area (Å²) in [5, 5.41) is 0.644. The Kier molecular flexibility index (Phi) is 3.14. The number of hydrogen-bond acceptors (Lipinski definition) is 3. The van der Waals surface area contributed by atoms with Crippen LogP contribution < -0.4 is 5.73 Å². The Balaban J connectivity index is 2.00. The first-order valence-corrected chi connectivity index (χ1v) is 7.25. The molecule has 0 saturated carbocycles. The van der Waals surface area contributed by atoms with Gasteiger partial charge in [0, 0.05) is 23.2 Å². The molecule has 0 bridgehead atoms. The number of nitrogens with two attached hydrogens (primary N) is 1. The summed E-state index contributed by atoms with van der Waals surface area (Å²) in [6.45, 7) is 1.59. The summed E-state index contributed by atoms with van der Waals surface area (Å²) in [7, 11) is 0. The van der Waals surface area contributed by atoms with Crippen molar-refractivity contribution in [3.8, 4) is 0 Å². The number of rotatable bonds is 1. The summed E-state index contributed by atoms with van der Waals surface area (Å²) >= 11 is 1.35. The number of piperidine rings is 1. The van der Waals surface area contributed by atoms with Crippen LogP contribution in [0.2, 0.25) is 0 Å². The fourth-order valence-electron chi connectivity index (χ4n) is 2.49. The van der Waals surface area contributed by atoms with Crippen molar-refractivity contribution in [3.05, 3.63) is 28.9 Å². The van der Waals surface area contributed by atoms with Crippen LogP contribution in [0.1, 0.15) is 28.9 Å². The third-order valence-corrected chi connectivity index (χ3v) is 4.70. The van der Waals surface area contributed by atoms with Crippen molar-refractivity contribution in [1.82, 2.24) is 4.90 Å². The number of nitrogen functional groups attached to an aromatic ring is 1. The van der Waals surface area contributed by atoms with E-state index in [1.165, 1.54) is 29.9 Å². The minimum atomic E-state index is -0.325. The maximum absolute atomic E-state index is 13.2. The first kappa shape index (κ1) is 12.4. The molecule has 0 unspecified atom stereocenters. The lowest BCUT2D eigenvalue weighted by molar-refractivity contribution is 0.0730. The van der Waals surface area contributed by atoms with Crippen molar-refractivity contribution in [3.63, 3.8) is 0 Å². The SMILES string of the molecule is Nc1c(C(=O)N2CCCCC2)sc2ccc(F)cc12. The molecule has 1 aromatic carbocycles. The van der Waals surface area contributed by atoms with Crippen molar-refractivity contribution in [2.24, 2.45) is 0 Å². The first-order valence-electron chi connectivity index (χ1n) is 6.43. The van der Waals surface area contributed by atoms with Crippen LogP contribution in [0.25, 0.3) is 10.1 Å². The maximum atomic E-state index is 13.2. The van der Waals surface area contributed by atoms with Gasteiger partial charge in [-0.05, 0) is 37.5 Å². The normalized spacial score (nSPS) is 15.9. The number of benzene rings is 1. The van der Waals surface area contributed by atoms with E-state index in [1.54, 1.807) is 6.07 Å². The van der Waals surface area contributed by atoms with Crippen molar-refractivity contribution in [2.45, 2.75) is 19.3 Å². The molecular weight excluding hydrogens is 263 g/mol. The summed E-state index contributed by atoms with van der Waals surface area (Å²) in [6.07, 6.45) is 3.27. The van der Waals surface area contributed by atoms with Gasteiger partial charge in [0.2, 0.25) is 0 Å². The zero-order chi connectivity index (χ0) is 13.4. The number of anilines is 1. The molecule has 0 radical (unpaired) electrons. The van der Waals surface area contributed by atoms with Crippen molar-refractivity contribution in [2.75, 3.05) is 18.8 Å². The third-order valence-electron chi connectivity index (χ3n) is 3.53. The van der Waals surface area contributed by atoms with Gasteiger partial charge in [-0.25, -0.2) is 4.39 Å². The highest BCUT2D eigenvalue weighted by Crippen LogP contribution is 2.35. The Bertz CT molecular complexity index is 632. The zero-order valence-electron chi connectivity index (χ0n) is 10.5. The van der Waals surface area contributed by atoms with Crippen LogP contribution in [0.3, 0.4) is 0 Å². The van der Waals surface area contributed by atoms with Crippen molar-refractivity contribution in [1.29, 1.82) is 0 Å². The van der Waals surface area contributed by atoms with Gasteiger partial charge in [0.05, 0.1) is 5.69 Å². The maximum Gasteiger partial charge on any atom is 0.266 e. The highest BCUT2D eigenvalue weighted by Gasteiger charge is 2.23. The average Bonchev–Trinajstić information content (AvgIpc) is 2.76. The first-order chi connectivity index (χ1) is 9.16. The Hall–Kier alpha value is -1.62. The molecule has 1 amide bonds. The second-order valence-electron chi connectivity index (χ2n) is 4.84. The van der Waals surface area contributed by atoms with Gasteiger partial charge in [-0.2, -0.15) is 0 Å². The average molecular weight is 278 g/mol. The molecule has 1 saturated heterocycles. The van der Waals surface area contributed by atoms with Crippen molar-refractivity contribution < 1.29 is 9.18 Å². The molecule has 1 aromatic heterocycles. The smallest absolute Gasteiger partial charge is 0.266 e. The van der Waals surface area contributed by atoms with E-state index in [0.717, 1.165) is 30.6 Å². The lowest BCUT2D eigenvalue weighted by Crippen LogP contribution is -2.35. The fourth-order valence-corrected chi connectivity index (χ4v) is 3.56. The molecule has 19 heavy (non-hydrogen) atoms. The number of amides is 1. The zero-order valence-corrected chi connectivity index (χ0v) is 11.3. The van der Waals surface area contributed by atoms with E-state index < -0.39 is 0 Å². The van der Waals surface area contributed by atoms with Crippen LogP contribution >= 0.6 is 11.3 Å². The van der Waals surface area contributed by atoms with Gasteiger partial charge in [0.25, 0.3) is 5.91 Å². The molecule has 0 aliphatic carbocycles. The van der Waals surface area contributed by atoms with E-state index >= 15 is 0 Å². The largest absolute Gasteiger partial charge is 0.397 e. The molecule has 2 aromatic rings. The molecule has 0 spiro atoms. The standard InChI is InChI=1S/C14H15FN2OS/c15-9-4-5-11-10(8-9)12(16)13(19-11)14(18)17-6-2-1-3-7-17/h4-5,8H,1-3,6-7,16H2. The molecular formula is C14H15FN2OS. The van der Waals surface area contributed by atoms with Crippen LogP contribution in [0.4, 0.5) is 10.1 Å². The van der Waals surface area contributed by atoms with Gasteiger partial charge in [-0.3, -0.25) is 4.79 Å². The molecule has 1 aliphatic rings. The van der Waals surface area contributed by atoms with E-state index in [-0.39, 0.29) is 11.7 Å². The van der Waals surface area contributed by atoms with Crippen LogP contribution in [0.5, 0.6) is 0 Å². The van der Waals surface area contributed by atoms with Crippen LogP contribution in [-0.2, 0) is 0 Å². The van der Waals surface area contributed by atoms with Gasteiger partial charge in [-0.1, -0.05) is 0 Å². The summed E-state index contributed by atoms with van der Waals surface area (Å²) in [4.78, 5) is 14.8. The van der Waals surface area contributed by atoms with Crippen LogP contribution in [0, 0.1) is 5.82 Å². The molecule has 2 heterocycles. The number of carbonyl (C=O) groups excluding carboxylic acids is 1. The summed E-state index contributed by atoms with van der Waals surface area (Å²) in [5.74, 6) is -0.340. The van der Waals surface area contributed by atoms with Crippen LogP contribution in [-0.4, -0.2) is 23.9 Å². The quantitative estimate of drug-likeness (QED) is 0.870. The van der Waals surface area contributed by atoms with E-state index in [1.807, 2.05) is 4.90 Å². The van der Waals surface area contributed by atoms with Gasteiger partial charge < -0.3 is 10.6 Å². The van der Waals surface area contributed by atoms with Gasteiger partial charge in [-0.15, -0.1) is 11.3 Å². The predicted octanol–water partition coefficient (Wildman–Crippen LogP) is 3.25. The number of carbonyl (C=O) groups is 1. The Morgan fingerprint density at radius 2 is 2.00 bits per heavy atom. The fraction of sp³-hybridized carbons (Fsp3) is 0.357. The minimum Gasteiger partial charge on any atom is -0.397 e. The number of likely N-dealkylation sites (tertiary alicyclic amines) is 1. The lowest BCUT2D eigenvalue weighted by Gasteiger charge is -2.26. The Morgan fingerprint density at radius 3 is 2.74 bits per heavy atom. The molecule has 1 aliphatic heterocycles. The van der Waals surface area contributed by atoms with E-state index in [4.69, 9.17) is 5.73 Å². The Labute approximate surface area is 114 Å². The predicted molar refractivity (Wildman–Crippen MR) is 75.9 cm³/mol. The number of fused-ring (bicyclic) bond motifs is 1. The van der Waals surface area contributed by atoms with Gasteiger partial charge in [0.1, 0.15) is 10.7 Å². The van der Waals surface area contributed by atoms with Crippen LogP contribution in [0.15, 0.2) is 18.2 Å². The topological polar surface area (TPSA) is 46.3 Å². The Morgan fingerprint density at radius 1 is 1.26 bits per heavy atom. The van der Waals surface area contributed by atoms with E-state index in [2.05, 4.69) is 0 Å². The molecule has 0 atom stereocenters. The monoisotopic (exact) mass is 278 g/mol. The second-order valence-corrected chi connectivity index (χ2v) is 5.89. The second kappa shape index (κ2) is 4.81. The molecule has 1 fully saturated rings.